The van der Waals surface area contributed by atoms with Crippen LogP contribution in [0.2, 0.25) is 0 Å². The zero-order valence-corrected chi connectivity index (χ0v) is 30.4. The molecule has 0 unspecified atom stereocenters. The van der Waals surface area contributed by atoms with Crippen LogP contribution in [0.15, 0.2) is 109 Å². The van der Waals surface area contributed by atoms with E-state index in [1.54, 1.807) is 55.6 Å². The number of hydrogen-bond donors (Lipinski definition) is 5. The number of anilines is 1. The molecule has 0 fully saturated rings. The van der Waals surface area contributed by atoms with Gasteiger partial charge in [-0.2, -0.15) is 0 Å². The number of nitrogens with one attached hydrogen (secondary N) is 4. The van der Waals surface area contributed by atoms with Crippen LogP contribution in [0.3, 0.4) is 0 Å². The third-order valence-electron chi connectivity index (χ3n) is 8.81. The first-order valence-electron chi connectivity index (χ1n) is 17.9. The van der Waals surface area contributed by atoms with Gasteiger partial charge in [0, 0.05) is 12.2 Å². The number of nitrogens with zero attached hydrogens (tertiary/aromatic N) is 1. The maximum Gasteiger partial charge on any atom is 0.412 e. The minimum Gasteiger partial charge on any atom is -0.450 e. The number of ether oxygens (including phenoxy) is 2. The molecule has 5 atom stereocenters. The van der Waals surface area contributed by atoms with Crippen LogP contribution < -0.4 is 21.3 Å². The smallest absolute Gasteiger partial charge is 0.412 e. The van der Waals surface area contributed by atoms with Crippen LogP contribution in [0, 0.1) is 5.92 Å². The number of benzene rings is 3. The molecular formula is C41H49N5O7. The first-order chi connectivity index (χ1) is 25.7. The number of amides is 4. The fraction of sp³-hybridized carbons (Fsp3) is 0.341. The van der Waals surface area contributed by atoms with Crippen molar-refractivity contribution in [3.8, 4) is 0 Å². The monoisotopic (exact) mass is 723 g/mol. The van der Waals surface area contributed by atoms with Crippen LogP contribution in [0.5, 0.6) is 0 Å². The van der Waals surface area contributed by atoms with E-state index in [0.29, 0.717) is 25.0 Å². The van der Waals surface area contributed by atoms with E-state index in [-0.39, 0.29) is 36.8 Å². The van der Waals surface area contributed by atoms with E-state index in [0.717, 1.165) is 11.1 Å². The van der Waals surface area contributed by atoms with Crippen molar-refractivity contribution >= 4 is 29.7 Å². The molecule has 0 aliphatic carbocycles. The van der Waals surface area contributed by atoms with Crippen LogP contribution in [0.25, 0.3) is 0 Å². The number of pyridine rings is 1. The molecule has 0 spiro atoms. The molecule has 280 valence electrons. The van der Waals surface area contributed by atoms with Gasteiger partial charge < -0.3 is 30.5 Å². The van der Waals surface area contributed by atoms with Gasteiger partial charge in [-0.1, -0.05) is 99.1 Å². The van der Waals surface area contributed by atoms with E-state index >= 15 is 0 Å². The Morgan fingerprint density at radius 3 is 2.02 bits per heavy atom. The van der Waals surface area contributed by atoms with Crippen molar-refractivity contribution in [2.24, 2.45) is 5.92 Å². The Morgan fingerprint density at radius 1 is 0.736 bits per heavy atom. The molecule has 0 radical (unpaired) electrons. The molecule has 0 aliphatic rings. The van der Waals surface area contributed by atoms with Crippen molar-refractivity contribution in [2.75, 3.05) is 11.9 Å². The van der Waals surface area contributed by atoms with Crippen molar-refractivity contribution in [1.29, 1.82) is 0 Å². The quantitative estimate of drug-likeness (QED) is 0.0858. The number of hydrogen-bond acceptors (Lipinski definition) is 8. The van der Waals surface area contributed by atoms with Gasteiger partial charge in [0.1, 0.15) is 12.6 Å². The highest BCUT2D eigenvalue weighted by Gasteiger charge is 2.32. The van der Waals surface area contributed by atoms with Gasteiger partial charge in [-0.25, -0.2) is 9.59 Å². The molecule has 4 aromatic rings. The maximum atomic E-state index is 13.9. The van der Waals surface area contributed by atoms with Crippen molar-refractivity contribution in [3.63, 3.8) is 0 Å². The average Bonchev–Trinajstić information content (AvgIpc) is 3.17. The molecule has 0 bridgehead atoms. The van der Waals surface area contributed by atoms with E-state index in [4.69, 9.17) is 9.47 Å². The third kappa shape index (κ3) is 13.1. The summed E-state index contributed by atoms with van der Waals surface area (Å²) in [6, 6.07) is 28.6. The highest BCUT2D eigenvalue weighted by Crippen LogP contribution is 2.19. The Hall–Kier alpha value is -5.75. The second-order valence-corrected chi connectivity index (χ2v) is 12.8. The molecule has 0 saturated carbocycles. The molecule has 0 aliphatic heterocycles. The van der Waals surface area contributed by atoms with Gasteiger partial charge in [0.15, 0.2) is 0 Å². The van der Waals surface area contributed by atoms with Gasteiger partial charge in [0.05, 0.1) is 35.7 Å². The summed E-state index contributed by atoms with van der Waals surface area (Å²) in [5.74, 6) is -1.15. The summed E-state index contributed by atoms with van der Waals surface area (Å²) in [4.78, 5) is 56.9. The Labute approximate surface area is 310 Å². The zero-order valence-electron chi connectivity index (χ0n) is 30.4. The first kappa shape index (κ1) is 40.0. The second-order valence-electron chi connectivity index (χ2n) is 12.8. The zero-order chi connectivity index (χ0) is 38.0. The number of carbonyl (C=O) groups excluding carboxylic acids is 4. The number of aliphatic hydroxyl groups excluding tert-OH is 1. The number of aromatic nitrogens is 1. The molecule has 4 amide bonds. The Kier molecular flexibility index (Phi) is 15.8. The van der Waals surface area contributed by atoms with Crippen molar-refractivity contribution in [3.05, 3.63) is 132 Å². The fourth-order valence-electron chi connectivity index (χ4n) is 5.80. The summed E-state index contributed by atoms with van der Waals surface area (Å²) in [6.45, 7) is 5.57. The predicted octanol–water partition coefficient (Wildman–Crippen LogP) is 5.81. The number of aliphatic hydroxyl groups is 1. The molecule has 1 aromatic heterocycles. The van der Waals surface area contributed by atoms with E-state index in [1.165, 1.54) is 0 Å². The molecule has 0 saturated heterocycles. The van der Waals surface area contributed by atoms with Gasteiger partial charge in [-0.05, 0) is 67.5 Å². The summed E-state index contributed by atoms with van der Waals surface area (Å²) >= 11 is 0. The number of alkyl carbamates (subject to hydrolysis) is 1. The summed E-state index contributed by atoms with van der Waals surface area (Å²) in [5, 5.41) is 23.3. The van der Waals surface area contributed by atoms with Gasteiger partial charge in [0.25, 0.3) is 5.91 Å². The first-order valence-corrected chi connectivity index (χ1v) is 17.9. The Morgan fingerprint density at radius 2 is 1.38 bits per heavy atom. The van der Waals surface area contributed by atoms with Crippen LogP contribution >= 0.6 is 0 Å². The van der Waals surface area contributed by atoms with Crippen LogP contribution in [0.1, 0.15) is 60.8 Å². The van der Waals surface area contributed by atoms with E-state index in [2.05, 4.69) is 26.3 Å². The van der Waals surface area contributed by atoms with E-state index in [1.807, 2.05) is 74.5 Å². The predicted molar refractivity (Wildman–Crippen MR) is 202 cm³/mol. The van der Waals surface area contributed by atoms with Gasteiger partial charge >= 0.3 is 12.2 Å². The summed E-state index contributed by atoms with van der Waals surface area (Å²) in [6.07, 6.45) is 0.373. The SMILES string of the molecule is CCOC(=O)N[C@H](C(=O)N[C@@H](Cc1ccccc1)[C@@H](O)C[C@H](Cc1ccccc1)NC(=O)c1ccccc1NC(=O)OCc1ccccn1)[C@@H](C)CC. The Bertz CT molecular complexity index is 1740. The molecule has 53 heavy (non-hydrogen) atoms. The van der Waals surface area contributed by atoms with Crippen molar-refractivity contribution in [2.45, 2.75) is 77.3 Å². The lowest BCUT2D eigenvalue weighted by atomic mass is 9.92. The average molecular weight is 724 g/mol. The summed E-state index contributed by atoms with van der Waals surface area (Å²) < 4.78 is 10.4. The third-order valence-corrected chi connectivity index (χ3v) is 8.81. The normalized spacial score (nSPS) is 13.7. The number of rotatable bonds is 18. The molecule has 4 rings (SSSR count). The van der Waals surface area contributed by atoms with Crippen molar-refractivity contribution < 1.29 is 33.8 Å². The summed E-state index contributed by atoms with van der Waals surface area (Å²) in [5.41, 5.74) is 2.82. The number of carbonyl (C=O) groups is 4. The lowest BCUT2D eigenvalue weighted by molar-refractivity contribution is -0.126. The second kappa shape index (κ2) is 20.9. The topological polar surface area (TPSA) is 168 Å². The highest BCUT2D eigenvalue weighted by molar-refractivity contribution is 6.02. The fourth-order valence-corrected chi connectivity index (χ4v) is 5.80. The lowest BCUT2D eigenvalue weighted by Crippen LogP contribution is -2.56. The molecule has 3 aromatic carbocycles. The minimum atomic E-state index is -1.12. The van der Waals surface area contributed by atoms with Crippen molar-refractivity contribution in [1.82, 2.24) is 20.9 Å². The maximum absolute atomic E-state index is 13.9. The van der Waals surface area contributed by atoms with E-state index < -0.39 is 48.2 Å². The Balaban J connectivity index is 1.54. The standard InChI is InChI=1S/C41H49N5O7/c1-4-28(3)37(46-41(51)52-5-2)39(49)44-35(25-30-18-10-7-11-19-30)36(47)26-32(24-29-16-8-6-9-17-29)43-38(48)33-21-12-13-22-34(33)45-40(50)53-27-31-20-14-15-23-42-31/h6-23,28,32,35-37,47H,4-5,24-27H2,1-3H3,(H,43,48)(H,44,49)(H,45,50)(H,46,51)/t28-,32-,35-,36-,37-/m0/s1. The highest BCUT2D eigenvalue weighted by atomic mass is 16.6. The molecular weight excluding hydrogens is 674 g/mol. The van der Waals surface area contributed by atoms with Gasteiger partial charge in [-0.15, -0.1) is 0 Å². The summed E-state index contributed by atoms with van der Waals surface area (Å²) in [7, 11) is 0. The van der Waals surface area contributed by atoms with E-state index in [9.17, 15) is 24.3 Å². The lowest BCUT2D eigenvalue weighted by Gasteiger charge is -2.31. The molecule has 5 N–H and O–H groups in total. The van der Waals surface area contributed by atoms with Gasteiger partial charge in [0.2, 0.25) is 5.91 Å². The minimum absolute atomic E-state index is 0.0459. The van der Waals surface area contributed by atoms with Crippen LogP contribution in [-0.2, 0) is 33.7 Å². The van der Waals surface area contributed by atoms with Crippen LogP contribution in [-0.4, -0.2) is 64.9 Å². The largest absolute Gasteiger partial charge is 0.450 e. The molecule has 12 heteroatoms. The number of para-hydroxylation sites is 1. The molecule has 1 heterocycles. The van der Waals surface area contributed by atoms with Gasteiger partial charge in [-0.3, -0.25) is 19.9 Å². The van der Waals surface area contributed by atoms with Crippen LogP contribution in [0.4, 0.5) is 15.3 Å². The molecule has 12 nitrogen and oxygen atoms in total.